The third-order valence-corrected chi connectivity index (χ3v) is 5.20. The Morgan fingerprint density at radius 1 is 1.37 bits per heavy atom. The van der Waals surface area contributed by atoms with Crippen LogP contribution >= 0.6 is 0 Å². The Labute approximate surface area is 113 Å². The van der Waals surface area contributed by atoms with E-state index in [1.54, 1.807) is 6.92 Å². The van der Waals surface area contributed by atoms with Gasteiger partial charge in [0.2, 0.25) is 0 Å². The molecule has 5 heteroatoms. The zero-order valence-electron chi connectivity index (χ0n) is 11.0. The van der Waals surface area contributed by atoms with E-state index in [1.807, 2.05) is 24.3 Å². The van der Waals surface area contributed by atoms with Crippen molar-refractivity contribution in [3.05, 3.63) is 29.8 Å². The first-order valence-corrected chi connectivity index (χ1v) is 8.30. The molecule has 1 heterocycles. The van der Waals surface area contributed by atoms with Crippen LogP contribution in [0.3, 0.4) is 0 Å². The Morgan fingerprint density at radius 2 is 2.11 bits per heavy atom. The van der Waals surface area contributed by atoms with Crippen molar-refractivity contribution >= 4 is 15.6 Å². The predicted octanol–water partition coefficient (Wildman–Crippen LogP) is 1.95. The van der Waals surface area contributed by atoms with E-state index in [4.69, 9.17) is 4.74 Å². The van der Waals surface area contributed by atoms with Gasteiger partial charge in [0.15, 0.2) is 0 Å². The van der Waals surface area contributed by atoms with Crippen molar-refractivity contribution in [2.75, 3.05) is 18.1 Å². The SMILES string of the molecule is CCS(=O)(=O)CCCC(=O)C1COc2ccccc21. The molecule has 4 nitrogen and oxygen atoms in total. The lowest BCUT2D eigenvalue weighted by Crippen LogP contribution is -2.16. The summed E-state index contributed by atoms with van der Waals surface area (Å²) in [5, 5.41) is 0. The standard InChI is InChI=1S/C14H18O4S/c1-2-19(16,17)9-5-7-13(15)12-10-18-14-8-4-3-6-11(12)14/h3-4,6,8,12H,2,5,7,9-10H2,1H3. The molecule has 1 aliphatic rings. The van der Waals surface area contributed by atoms with Gasteiger partial charge in [-0.15, -0.1) is 0 Å². The molecular weight excluding hydrogens is 264 g/mol. The molecule has 1 aromatic rings. The largest absolute Gasteiger partial charge is 0.492 e. The number of carbonyl (C=O) groups is 1. The second kappa shape index (κ2) is 5.74. The molecule has 104 valence electrons. The number of sulfone groups is 1. The molecule has 0 bridgehead atoms. The Morgan fingerprint density at radius 3 is 2.84 bits per heavy atom. The first kappa shape index (κ1) is 14.1. The van der Waals surface area contributed by atoms with Crippen LogP contribution in [0.15, 0.2) is 24.3 Å². The Balaban J connectivity index is 1.92. The Bertz CT molecular complexity index is 563. The highest BCUT2D eigenvalue weighted by molar-refractivity contribution is 7.91. The molecule has 0 amide bonds. The zero-order chi connectivity index (χ0) is 13.9. The highest BCUT2D eigenvalue weighted by Gasteiger charge is 2.29. The molecule has 0 saturated heterocycles. The average molecular weight is 282 g/mol. The minimum absolute atomic E-state index is 0.0660. The van der Waals surface area contributed by atoms with Crippen LogP contribution < -0.4 is 4.74 Å². The van der Waals surface area contributed by atoms with Crippen molar-refractivity contribution in [3.8, 4) is 5.75 Å². The van der Waals surface area contributed by atoms with Gasteiger partial charge in [0.25, 0.3) is 0 Å². The molecule has 1 atom stereocenters. The van der Waals surface area contributed by atoms with Crippen LogP contribution in [0.1, 0.15) is 31.2 Å². The first-order chi connectivity index (χ1) is 9.03. The minimum atomic E-state index is -2.98. The van der Waals surface area contributed by atoms with Gasteiger partial charge < -0.3 is 4.74 Å². The van der Waals surface area contributed by atoms with Crippen LogP contribution in [0.25, 0.3) is 0 Å². The topological polar surface area (TPSA) is 60.4 Å². The van der Waals surface area contributed by atoms with E-state index in [0.717, 1.165) is 11.3 Å². The van der Waals surface area contributed by atoms with E-state index < -0.39 is 9.84 Å². The number of fused-ring (bicyclic) bond motifs is 1. The molecule has 0 radical (unpaired) electrons. The molecular formula is C14H18O4S. The average Bonchev–Trinajstić information content (AvgIpc) is 2.82. The van der Waals surface area contributed by atoms with Crippen LogP contribution in [-0.2, 0) is 14.6 Å². The summed E-state index contributed by atoms with van der Waals surface area (Å²) < 4.78 is 28.2. The molecule has 0 aliphatic carbocycles. The van der Waals surface area contributed by atoms with Crippen LogP contribution in [0.2, 0.25) is 0 Å². The van der Waals surface area contributed by atoms with E-state index in [-0.39, 0.29) is 23.2 Å². The molecule has 2 rings (SSSR count). The van der Waals surface area contributed by atoms with E-state index in [2.05, 4.69) is 0 Å². The molecule has 1 aromatic carbocycles. The van der Waals surface area contributed by atoms with Crippen molar-refractivity contribution in [2.24, 2.45) is 0 Å². The fraction of sp³-hybridized carbons (Fsp3) is 0.500. The van der Waals surface area contributed by atoms with Gasteiger partial charge in [0.1, 0.15) is 28.0 Å². The number of ether oxygens (including phenoxy) is 1. The van der Waals surface area contributed by atoms with Gasteiger partial charge in [0.05, 0.1) is 11.7 Å². The van der Waals surface area contributed by atoms with E-state index in [1.165, 1.54) is 0 Å². The van der Waals surface area contributed by atoms with E-state index in [9.17, 15) is 13.2 Å². The number of para-hydroxylation sites is 1. The molecule has 0 spiro atoms. The molecule has 1 aliphatic heterocycles. The lowest BCUT2D eigenvalue weighted by molar-refractivity contribution is -0.120. The highest BCUT2D eigenvalue weighted by Crippen LogP contribution is 2.34. The summed E-state index contributed by atoms with van der Waals surface area (Å²) in [6.07, 6.45) is 0.690. The van der Waals surface area contributed by atoms with Crippen molar-refractivity contribution < 1.29 is 17.9 Å². The minimum Gasteiger partial charge on any atom is -0.492 e. The van der Waals surface area contributed by atoms with E-state index in [0.29, 0.717) is 19.4 Å². The van der Waals surface area contributed by atoms with Crippen LogP contribution in [0.4, 0.5) is 0 Å². The van der Waals surface area contributed by atoms with Crippen molar-refractivity contribution in [1.29, 1.82) is 0 Å². The van der Waals surface area contributed by atoms with Gasteiger partial charge in [-0.05, 0) is 12.5 Å². The lowest BCUT2D eigenvalue weighted by Gasteiger charge is -2.07. The van der Waals surface area contributed by atoms with Gasteiger partial charge in [-0.2, -0.15) is 0 Å². The van der Waals surface area contributed by atoms with Gasteiger partial charge in [-0.1, -0.05) is 25.1 Å². The summed E-state index contributed by atoms with van der Waals surface area (Å²) in [5.74, 6) is 0.819. The predicted molar refractivity (Wildman–Crippen MR) is 73.2 cm³/mol. The first-order valence-electron chi connectivity index (χ1n) is 6.48. The quantitative estimate of drug-likeness (QED) is 0.800. The summed E-state index contributed by atoms with van der Waals surface area (Å²) in [6.45, 7) is 2.00. The second-order valence-electron chi connectivity index (χ2n) is 4.71. The summed E-state index contributed by atoms with van der Waals surface area (Å²) in [6, 6.07) is 7.51. The van der Waals surface area contributed by atoms with Gasteiger partial charge in [0, 0.05) is 17.7 Å². The molecule has 0 saturated carbocycles. The lowest BCUT2D eigenvalue weighted by atomic mass is 9.94. The maximum absolute atomic E-state index is 12.1. The van der Waals surface area contributed by atoms with Gasteiger partial charge >= 0.3 is 0 Å². The van der Waals surface area contributed by atoms with Crippen molar-refractivity contribution in [1.82, 2.24) is 0 Å². The van der Waals surface area contributed by atoms with E-state index >= 15 is 0 Å². The van der Waals surface area contributed by atoms with Crippen LogP contribution in [0.5, 0.6) is 5.75 Å². The summed E-state index contributed by atoms with van der Waals surface area (Å²) in [5.41, 5.74) is 0.922. The number of benzene rings is 1. The molecule has 19 heavy (non-hydrogen) atoms. The molecule has 0 aromatic heterocycles. The third kappa shape index (κ3) is 3.35. The van der Waals surface area contributed by atoms with Gasteiger partial charge in [-0.25, -0.2) is 8.42 Å². The fourth-order valence-electron chi connectivity index (χ4n) is 2.21. The number of hydrogen-bond acceptors (Lipinski definition) is 4. The third-order valence-electron chi connectivity index (χ3n) is 3.41. The Kier molecular flexibility index (Phi) is 4.24. The van der Waals surface area contributed by atoms with Gasteiger partial charge in [-0.3, -0.25) is 4.79 Å². The Hall–Kier alpha value is -1.36. The second-order valence-corrected chi connectivity index (χ2v) is 7.18. The zero-order valence-corrected chi connectivity index (χ0v) is 11.8. The number of Topliss-reactive ketones (excluding diaryl/α,β-unsaturated/α-hetero) is 1. The maximum atomic E-state index is 12.1. The highest BCUT2D eigenvalue weighted by atomic mass is 32.2. The van der Waals surface area contributed by atoms with Crippen LogP contribution in [0, 0.1) is 0 Å². The normalized spacial score (nSPS) is 17.8. The van der Waals surface area contributed by atoms with Crippen molar-refractivity contribution in [2.45, 2.75) is 25.7 Å². The molecule has 0 fully saturated rings. The summed E-state index contributed by atoms with van der Waals surface area (Å²) >= 11 is 0. The number of hydrogen-bond donors (Lipinski definition) is 0. The number of ketones is 1. The maximum Gasteiger partial charge on any atom is 0.150 e. The summed E-state index contributed by atoms with van der Waals surface area (Å²) in [4.78, 5) is 12.1. The smallest absolute Gasteiger partial charge is 0.150 e. The molecule has 1 unspecified atom stereocenters. The number of rotatable bonds is 6. The molecule has 0 N–H and O–H groups in total. The fourth-order valence-corrected chi connectivity index (χ4v) is 3.09. The van der Waals surface area contributed by atoms with Crippen molar-refractivity contribution in [3.63, 3.8) is 0 Å². The monoisotopic (exact) mass is 282 g/mol. The van der Waals surface area contributed by atoms with Crippen LogP contribution in [-0.4, -0.2) is 32.3 Å². The summed E-state index contributed by atoms with van der Waals surface area (Å²) in [7, 11) is -2.98. The number of carbonyl (C=O) groups excluding carboxylic acids is 1.